The van der Waals surface area contributed by atoms with Crippen LogP contribution in [-0.2, 0) is 4.74 Å². The highest BCUT2D eigenvalue weighted by Gasteiger charge is 2.41. The van der Waals surface area contributed by atoms with E-state index in [4.69, 9.17) is 5.11 Å². The van der Waals surface area contributed by atoms with Crippen molar-refractivity contribution in [3.63, 3.8) is 0 Å². The summed E-state index contributed by atoms with van der Waals surface area (Å²) in [6.07, 6.45) is 0. The topological polar surface area (TPSA) is 46.5 Å². The van der Waals surface area contributed by atoms with E-state index in [1.165, 1.54) is 0 Å². The van der Waals surface area contributed by atoms with Gasteiger partial charge < -0.3 is 9.84 Å². The van der Waals surface area contributed by atoms with Gasteiger partial charge in [-0.15, -0.1) is 0 Å². The molecule has 1 heterocycles. The van der Waals surface area contributed by atoms with Gasteiger partial charge >= 0.3 is 5.97 Å². The summed E-state index contributed by atoms with van der Waals surface area (Å²) in [7, 11) is 0. The largest absolute Gasteiger partial charge is 0.503 e. The first-order chi connectivity index (χ1) is 12.1. The molecule has 0 unspecified atom stereocenters. The van der Waals surface area contributed by atoms with Crippen LogP contribution in [0.25, 0.3) is 11.6 Å². The maximum atomic E-state index is 14.4. The van der Waals surface area contributed by atoms with Crippen molar-refractivity contribution in [3.8, 4) is 5.75 Å². The fraction of sp³-hybridized carbons (Fsp3) is 0. The van der Waals surface area contributed by atoms with Crippen LogP contribution in [0.4, 0.5) is 35.1 Å². The zero-order valence-electron chi connectivity index (χ0n) is 11.9. The first kappa shape index (κ1) is 17.7. The highest BCUT2D eigenvalue weighted by Crippen LogP contribution is 2.43. The van der Waals surface area contributed by atoms with Gasteiger partial charge in [-0.1, -0.05) is 0 Å². The van der Waals surface area contributed by atoms with Gasteiger partial charge in [0.2, 0.25) is 5.82 Å². The van der Waals surface area contributed by atoms with Crippen molar-refractivity contribution >= 4 is 17.6 Å². The van der Waals surface area contributed by atoms with E-state index in [-0.39, 0.29) is 6.07 Å². The van der Waals surface area contributed by atoms with Gasteiger partial charge in [0.25, 0.3) is 0 Å². The SMILES string of the molecule is O=C1OC(=C(F)c2cc(F)c(F)c(F)c2F)c2c(F)c(O)c(F)c(F)c21. The molecular formula is C15H2F8O3. The third kappa shape index (κ3) is 2.23. The summed E-state index contributed by atoms with van der Waals surface area (Å²) in [5, 5.41) is 9.14. The molecule has 1 N–H and O–H groups in total. The standard InChI is InChI=1S/C15H2F8O3/c16-3-1-2(6(17)11(22)8(3)19)7(18)14-4-5(15(25)26-14)9(20)12(23)13(24)10(4)21/h1,24H. The quantitative estimate of drug-likeness (QED) is 0.346. The molecule has 0 amide bonds. The Kier molecular flexibility index (Phi) is 3.89. The zero-order valence-corrected chi connectivity index (χ0v) is 11.9. The molecule has 2 aromatic rings. The number of esters is 1. The van der Waals surface area contributed by atoms with Gasteiger partial charge in [-0.25, -0.2) is 35.5 Å². The molecule has 0 atom stereocenters. The van der Waals surface area contributed by atoms with Crippen molar-refractivity contribution in [2.45, 2.75) is 0 Å². The van der Waals surface area contributed by atoms with Gasteiger partial charge in [0.1, 0.15) is 5.56 Å². The maximum Gasteiger partial charge on any atom is 0.347 e. The molecule has 136 valence electrons. The number of cyclic esters (lactones) is 1. The fourth-order valence-corrected chi connectivity index (χ4v) is 2.26. The van der Waals surface area contributed by atoms with Gasteiger partial charge in [0, 0.05) is 0 Å². The lowest BCUT2D eigenvalue weighted by Crippen LogP contribution is -2.03. The van der Waals surface area contributed by atoms with Crippen LogP contribution in [0.5, 0.6) is 5.75 Å². The Morgan fingerprint density at radius 3 is 2.04 bits per heavy atom. The molecule has 26 heavy (non-hydrogen) atoms. The molecule has 3 nitrogen and oxygen atoms in total. The van der Waals surface area contributed by atoms with E-state index in [0.717, 1.165) is 0 Å². The average molecular weight is 382 g/mol. The van der Waals surface area contributed by atoms with Crippen LogP contribution in [0.1, 0.15) is 21.5 Å². The van der Waals surface area contributed by atoms with Crippen molar-refractivity contribution < 1.29 is 49.8 Å². The van der Waals surface area contributed by atoms with Crippen molar-refractivity contribution in [1.82, 2.24) is 0 Å². The molecule has 3 rings (SSSR count). The van der Waals surface area contributed by atoms with Crippen LogP contribution in [0.2, 0.25) is 0 Å². The van der Waals surface area contributed by atoms with E-state index < -0.39 is 80.7 Å². The zero-order chi connectivity index (χ0) is 19.5. The van der Waals surface area contributed by atoms with E-state index >= 15 is 0 Å². The lowest BCUT2D eigenvalue weighted by molar-refractivity contribution is 0.0710. The first-order valence-corrected chi connectivity index (χ1v) is 6.43. The third-order valence-corrected chi connectivity index (χ3v) is 3.46. The smallest absolute Gasteiger partial charge is 0.347 e. The van der Waals surface area contributed by atoms with Crippen molar-refractivity contribution in [2.75, 3.05) is 0 Å². The Morgan fingerprint density at radius 1 is 0.808 bits per heavy atom. The minimum Gasteiger partial charge on any atom is -0.503 e. The number of carbonyl (C=O) groups is 1. The van der Waals surface area contributed by atoms with Crippen molar-refractivity contribution in [3.05, 3.63) is 63.5 Å². The fourth-order valence-electron chi connectivity index (χ4n) is 2.26. The summed E-state index contributed by atoms with van der Waals surface area (Å²) in [5.74, 6) is -22.8. The Bertz CT molecular complexity index is 1030. The van der Waals surface area contributed by atoms with E-state index in [2.05, 4.69) is 4.74 Å². The van der Waals surface area contributed by atoms with Crippen LogP contribution >= 0.6 is 0 Å². The molecule has 0 saturated heterocycles. The lowest BCUT2D eigenvalue weighted by atomic mass is 10.0. The summed E-state index contributed by atoms with van der Waals surface area (Å²) < 4.78 is 113. The number of carbonyl (C=O) groups excluding carboxylic acids is 1. The number of phenols is 1. The van der Waals surface area contributed by atoms with Crippen LogP contribution < -0.4 is 0 Å². The van der Waals surface area contributed by atoms with Crippen LogP contribution in [0.15, 0.2) is 6.07 Å². The van der Waals surface area contributed by atoms with Gasteiger partial charge in [-0.2, -0.15) is 4.39 Å². The third-order valence-electron chi connectivity index (χ3n) is 3.46. The summed E-state index contributed by atoms with van der Waals surface area (Å²) in [6.45, 7) is 0. The van der Waals surface area contributed by atoms with E-state index in [0.29, 0.717) is 0 Å². The summed E-state index contributed by atoms with van der Waals surface area (Å²) in [5.41, 5.74) is -4.53. The second kappa shape index (κ2) is 5.71. The number of benzene rings is 2. The molecular weight excluding hydrogens is 380 g/mol. The molecule has 0 aliphatic carbocycles. The van der Waals surface area contributed by atoms with Crippen molar-refractivity contribution in [1.29, 1.82) is 0 Å². The summed E-state index contributed by atoms with van der Waals surface area (Å²) in [6, 6.07) is -0.167. The Morgan fingerprint density at radius 2 is 1.42 bits per heavy atom. The molecule has 0 aromatic heterocycles. The monoisotopic (exact) mass is 382 g/mol. The van der Waals surface area contributed by atoms with E-state index in [1.807, 2.05) is 0 Å². The molecule has 0 fully saturated rings. The molecule has 11 heteroatoms. The molecule has 1 aliphatic rings. The van der Waals surface area contributed by atoms with Gasteiger partial charge in [-0.3, -0.25) is 0 Å². The number of aromatic hydroxyl groups is 1. The summed E-state index contributed by atoms with van der Waals surface area (Å²) in [4.78, 5) is 11.5. The minimum atomic E-state index is -2.42. The predicted molar refractivity (Wildman–Crippen MR) is 67.6 cm³/mol. The summed E-state index contributed by atoms with van der Waals surface area (Å²) >= 11 is 0. The Hall–Kier alpha value is -3.11. The number of ether oxygens (including phenoxy) is 1. The first-order valence-electron chi connectivity index (χ1n) is 6.43. The molecule has 0 radical (unpaired) electrons. The predicted octanol–water partition coefficient (Wildman–Crippen LogP) is 4.33. The number of hydrogen-bond donors (Lipinski definition) is 1. The van der Waals surface area contributed by atoms with E-state index in [9.17, 15) is 39.9 Å². The Labute approximate surface area is 137 Å². The highest BCUT2D eigenvalue weighted by molar-refractivity contribution is 6.07. The number of halogens is 8. The molecule has 1 aliphatic heterocycles. The van der Waals surface area contributed by atoms with Crippen molar-refractivity contribution in [2.24, 2.45) is 0 Å². The van der Waals surface area contributed by atoms with E-state index in [1.54, 1.807) is 0 Å². The molecule has 0 saturated carbocycles. The number of fused-ring (bicyclic) bond motifs is 1. The second-order valence-corrected chi connectivity index (χ2v) is 4.92. The number of phenolic OH excluding ortho intramolecular Hbond substituents is 1. The molecule has 0 bridgehead atoms. The molecule has 2 aromatic carbocycles. The normalized spacial score (nSPS) is 15.2. The van der Waals surface area contributed by atoms with Crippen LogP contribution in [-0.4, -0.2) is 11.1 Å². The Balaban J connectivity index is 2.37. The second-order valence-electron chi connectivity index (χ2n) is 4.92. The van der Waals surface area contributed by atoms with Gasteiger partial charge in [0.15, 0.2) is 52.2 Å². The number of rotatable bonds is 1. The molecule has 0 spiro atoms. The average Bonchev–Trinajstić information content (AvgIpc) is 2.96. The maximum absolute atomic E-state index is 14.4. The van der Waals surface area contributed by atoms with Crippen LogP contribution in [0.3, 0.4) is 0 Å². The number of hydrogen-bond acceptors (Lipinski definition) is 3. The van der Waals surface area contributed by atoms with Crippen LogP contribution in [0, 0.1) is 40.7 Å². The van der Waals surface area contributed by atoms with Gasteiger partial charge in [-0.05, 0) is 6.07 Å². The minimum absolute atomic E-state index is 0.167. The van der Waals surface area contributed by atoms with Gasteiger partial charge in [0.05, 0.1) is 11.1 Å². The lowest BCUT2D eigenvalue weighted by Gasteiger charge is -2.08. The highest BCUT2D eigenvalue weighted by atomic mass is 19.2.